The Morgan fingerprint density at radius 2 is 0.600 bits per heavy atom. The molecule has 0 rings (SSSR count). The molecule has 0 radical (unpaired) electrons. The summed E-state index contributed by atoms with van der Waals surface area (Å²) in [7, 11) is 0. The first-order valence-corrected chi connectivity index (χ1v) is 1.97. The summed E-state index contributed by atoms with van der Waals surface area (Å²) in [5.74, 6) is 0.259. The molecule has 10 heavy (non-hydrogen) atoms. The Morgan fingerprint density at radius 3 is 0.600 bits per heavy atom. The maximum atomic E-state index is 3.60. The Bertz CT molecular complexity index is 30.7. The van der Waals surface area contributed by atoms with Crippen LogP contribution in [0.2, 0.25) is 0 Å². The fourth-order valence-corrected chi connectivity index (χ4v) is 0. The van der Waals surface area contributed by atoms with Gasteiger partial charge in [0, 0.05) is 0 Å². The standard InChI is InChI=1S/C6H10.4Li/c1-5(2)6(3)4;;;;/h5-6H,1-4H2;;;;/q-4;4*+1. The molecule has 0 nitrogen and oxygen atoms in total. The second-order valence-corrected chi connectivity index (χ2v) is 1.52. The third-order valence-corrected chi connectivity index (χ3v) is 0.667. The summed E-state index contributed by atoms with van der Waals surface area (Å²) >= 11 is 0. The first-order chi connectivity index (χ1) is 2.64. The minimum absolute atomic E-state index is 0. The van der Waals surface area contributed by atoms with Crippen molar-refractivity contribution in [3.05, 3.63) is 27.7 Å². The van der Waals surface area contributed by atoms with Gasteiger partial charge in [-0.25, -0.2) is 0 Å². The quantitative estimate of drug-likeness (QED) is 0.232. The molecule has 0 aliphatic rings. The van der Waals surface area contributed by atoms with E-state index in [9.17, 15) is 0 Å². The molecule has 0 aromatic heterocycles. The van der Waals surface area contributed by atoms with E-state index in [2.05, 4.69) is 27.7 Å². The third kappa shape index (κ3) is 22.4. The van der Waals surface area contributed by atoms with E-state index < -0.39 is 0 Å². The van der Waals surface area contributed by atoms with Gasteiger partial charge in [-0.05, 0) is 0 Å². The number of hydrogen-bond donors (Lipinski definition) is 0. The monoisotopic (exact) mass is 110 g/mol. The minimum Gasteiger partial charge on any atom is -0.374 e. The second kappa shape index (κ2) is 17.5. The van der Waals surface area contributed by atoms with Crippen molar-refractivity contribution in [2.75, 3.05) is 0 Å². The van der Waals surface area contributed by atoms with Crippen molar-refractivity contribution in [3.63, 3.8) is 0 Å². The summed E-state index contributed by atoms with van der Waals surface area (Å²) in [4.78, 5) is 0. The average Bonchev–Trinajstić information content (AvgIpc) is 1.36. The van der Waals surface area contributed by atoms with Gasteiger partial charge in [0.05, 0.1) is 0 Å². The maximum absolute atomic E-state index is 3.60. The molecule has 0 N–H and O–H groups in total. The maximum Gasteiger partial charge on any atom is 1.00 e. The van der Waals surface area contributed by atoms with Gasteiger partial charge in [0.1, 0.15) is 0 Å². The summed E-state index contributed by atoms with van der Waals surface area (Å²) in [6.07, 6.45) is 0. The Kier molecular flexibility index (Phi) is 51.4. The van der Waals surface area contributed by atoms with E-state index in [4.69, 9.17) is 0 Å². The fraction of sp³-hybridized carbons (Fsp3) is 0.333. The summed E-state index contributed by atoms with van der Waals surface area (Å²) in [5.41, 5.74) is 0. The zero-order valence-electron chi connectivity index (χ0n) is 7.98. The topological polar surface area (TPSA) is 0 Å². The molecule has 0 amide bonds. The van der Waals surface area contributed by atoms with Gasteiger partial charge in [0.2, 0.25) is 0 Å². The van der Waals surface area contributed by atoms with Gasteiger partial charge in [-0.1, -0.05) is 0 Å². The van der Waals surface area contributed by atoms with E-state index in [-0.39, 0.29) is 87.3 Å². The van der Waals surface area contributed by atoms with Crippen LogP contribution in [-0.2, 0) is 0 Å². The van der Waals surface area contributed by atoms with Crippen LogP contribution >= 0.6 is 0 Å². The Labute approximate surface area is 114 Å². The first kappa shape index (κ1) is 29.4. The predicted octanol–water partition coefficient (Wildman–Crippen LogP) is -10.4. The molecule has 0 saturated carbocycles. The van der Waals surface area contributed by atoms with E-state index in [1.807, 2.05) is 0 Å². The van der Waals surface area contributed by atoms with Crippen LogP contribution < -0.4 is 75.4 Å². The van der Waals surface area contributed by atoms with Gasteiger partial charge in [-0.15, -0.1) is 0 Å². The smallest absolute Gasteiger partial charge is 0.374 e. The zero-order valence-corrected chi connectivity index (χ0v) is 7.98. The van der Waals surface area contributed by atoms with Gasteiger partial charge >= 0.3 is 75.4 Å². The molecule has 0 aromatic carbocycles. The van der Waals surface area contributed by atoms with Crippen molar-refractivity contribution in [3.8, 4) is 0 Å². The Hall–Kier alpha value is 2.39. The van der Waals surface area contributed by atoms with Gasteiger partial charge in [-0.3, -0.25) is 0 Å². The first-order valence-electron chi connectivity index (χ1n) is 1.97. The molecule has 4 heteroatoms. The molecule has 0 bridgehead atoms. The van der Waals surface area contributed by atoms with Gasteiger partial charge < -0.3 is 39.5 Å². The number of rotatable bonds is 1. The van der Waals surface area contributed by atoms with E-state index in [0.717, 1.165) is 0 Å². The zero-order chi connectivity index (χ0) is 5.15. The van der Waals surface area contributed by atoms with Crippen LogP contribution in [0.15, 0.2) is 0 Å². The van der Waals surface area contributed by atoms with E-state index in [0.29, 0.717) is 0 Å². The second-order valence-electron chi connectivity index (χ2n) is 1.52. The normalized spacial score (nSPS) is 6.60. The van der Waals surface area contributed by atoms with Crippen molar-refractivity contribution >= 4 is 0 Å². The van der Waals surface area contributed by atoms with Crippen LogP contribution in [0, 0.1) is 39.5 Å². The van der Waals surface area contributed by atoms with Crippen LogP contribution in [0.1, 0.15) is 0 Å². The van der Waals surface area contributed by atoms with Crippen molar-refractivity contribution in [2.45, 2.75) is 0 Å². The predicted molar refractivity (Wildman–Crippen MR) is 28.4 cm³/mol. The molecule has 0 spiro atoms. The molecule has 38 valence electrons. The third-order valence-electron chi connectivity index (χ3n) is 0.667. The van der Waals surface area contributed by atoms with Crippen molar-refractivity contribution in [1.29, 1.82) is 0 Å². The molecule has 0 saturated heterocycles. The van der Waals surface area contributed by atoms with Crippen LogP contribution in [0.3, 0.4) is 0 Å². The molecule has 0 unspecified atom stereocenters. The summed E-state index contributed by atoms with van der Waals surface area (Å²) in [5, 5.41) is 0. The molecular formula is C6H10Li4. The van der Waals surface area contributed by atoms with Crippen LogP contribution in [0.5, 0.6) is 0 Å². The number of hydrogen-bond acceptors (Lipinski definition) is 0. The van der Waals surface area contributed by atoms with E-state index in [1.165, 1.54) is 0 Å². The average molecular weight is 110 g/mol. The largest absolute Gasteiger partial charge is 1.00 e. The molecule has 0 heterocycles. The van der Waals surface area contributed by atoms with E-state index >= 15 is 0 Å². The van der Waals surface area contributed by atoms with Crippen LogP contribution in [0.4, 0.5) is 0 Å². The van der Waals surface area contributed by atoms with Crippen LogP contribution in [-0.4, -0.2) is 0 Å². The minimum atomic E-state index is 0. The Balaban J connectivity index is -0.0000000208. The molecule has 0 atom stereocenters. The molecular weight excluding hydrogens is 99.8 g/mol. The van der Waals surface area contributed by atoms with Crippen molar-refractivity contribution in [2.24, 2.45) is 11.8 Å². The van der Waals surface area contributed by atoms with E-state index in [1.54, 1.807) is 0 Å². The molecule has 0 aliphatic carbocycles. The van der Waals surface area contributed by atoms with Crippen molar-refractivity contribution < 1.29 is 75.4 Å². The summed E-state index contributed by atoms with van der Waals surface area (Å²) < 4.78 is 0. The summed E-state index contributed by atoms with van der Waals surface area (Å²) in [6, 6.07) is 0. The molecule has 0 aromatic rings. The Morgan fingerprint density at radius 1 is 0.500 bits per heavy atom. The molecule has 0 fully saturated rings. The van der Waals surface area contributed by atoms with Gasteiger partial charge in [0.25, 0.3) is 0 Å². The SMILES string of the molecule is [CH2-]C([CH2-])C([CH2-])[CH2-].[Li+].[Li+].[Li+].[Li+]. The van der Waals surface area contributed by atoms with Gasteiger partial charge in [0.15, 0.2) is 0 Å². The molecule has 0 aliphatic heterocycles. The van der Waals surface area contributed by atoms with Gasteiger partial charge in [-0.2, -0.15) is 0 Å². The van der Waals surface area contributed by atoms with Crippen LogP contribution in [0.25, 0.3) is 0 Å². The fourth-order valence-electron chi connectivity index (χ4n) is 0. The summed E-state index contributed by atoms with van der Waals surface area (Å²) in [6.45, 7) is 14.4. The van der Waals surface area contributed by atoms with Crippen molar-refractivity contribution in [1.82, 2.24) is 0 Å².